The van der Waals surface area contributed by atoms with Crippen LogP contribution >= 0.6 is 0 Å². The molecular weight excluding hydrogens is 414 g/mol. The van der Waals surface area contributed by atoms with E-state index in [1.807, 2.05) is 91.5 Å². The number of carbonyl (C=O) groups excluding carboxylic acids is 1. The Labute approximate surface area is 191 Å². The second kappa shape index (κ2) is 8.31. The van der Waals surface area contributed by atoms with E-state index in [-0.39, 0.29) is 11.7 Å². The van der Waals surface area contributed by atoms with Crippen LogP contribution in [0.1, 0.15) is 27.6 Å². The zero-order valence-corrected chi connectivity index (χ0v) is 18.7. The minimum absolute atomic E-state index is 0.121. The predicted molar refractivity (Wildman–Crippen MR) is 125 cm³/mol. The van der Waals surface area contributed by atoms with Crippen LogP contribution in [0, 0.1) is 13.8 Å². The summed E-state index contributed by atoms with van der Waals surface area (Å²) in [4.78, 5) is 23.5. The van der Waals surface area contributed by atoms with E-state index in [9.17, 15) is 4.79 Å². The Morgan fingerprint density at radius 1 is 0.939 bits per heavy atom. The van der Waals surface area contributed by atoms with Crippen molar-refractivity contribution in [3.63, 3.8) is 0 Å². The first-order chi connectivity index (χ1) is 16.0. The fourth-order valence-electron chi connectivity index (χ4n) is 3.83. The lowest BCUT2D eigenvalue weighted by Gasteiger charge is -2.15. The third-order valence-corrected chi connectivity index (χ3v) is 5.42. The summed E-state index contributed by atoms with van der Waals surface area (Å²) in [5.41, 5.74) is 5.41. The zero-order valence-electron chi connectivity index (χ0n) is 18.7. The molecule has 0 unspecified atom stereocenters. The third-order valence-electron chi connectivity index (χ3n) is 5.42. The predicted octanol–water partition coefficient (Wildman–Crippen LogP) is 3.87. The van der Waals surface area contributed by atoms with Gasteiger partial charge in [0.1, 0.15) is 0 Å². The highest BCUT2D eigenvalue weighted by Gasteiger charge is 2.22. The van der Waals surface area contributed by atoms with Gasteiger partial charge < -0.3 is 4.90 Å². The van der Waals surface area contributed by atoms with Gasteiger partial charge in [-0.15, -0.1) is 5.10 Å². The molecule has 0 aliphatic carbocycles. The number of para-hydroxylation sites is 1. The normalized spacial score (nSPS) is 11.1. The first-order valence-electron chi connectivity index (χ1n) is 10.7. The standard InChI is InChI=1S/C25H23N7O/c1-17-14-18(2)32-25(26-17)27-23(29-32)24(33)30(3)15-20-16-31(21-12-8-5-9-13-21)28-22(20)19-10-6-4-7-11-19/h4-14,16H,15H2,1-3H3. The molecule has 33 heavy (non-hydrogen) atoms. The highest BCUT2D eigenvalue weighted by Crippen LogP contribution is 2.25. The molecule has 0 saturated carbocycles. The van der Waals surface area contributed by atoms with Gasteiger partial charge >= 0.3 is 0 Å². The fourth-order valence-corrected chi connectivity index (χ4v) is 3.83. The van der Waals surface area contributed by atoms with Gasteiger partial charge in [-0.2, -0.15) is 10.1 Å². The Morgan fingerprint density at radius 2 is 1.64 bits per heavy atom. The van der Waals surface area contributed by atoms with Crippen molar-refractivity contribution < 1.29 is 4.79 Å². The van der Waals surface area contributed by atoms with Crippen molar-refractivity contribution in [3.8, 4) is 16.9 Å². The van der Waals surface area contributed by atoms with Gasteiger partial charge in [0.05, 0.1) is 11.4 Å². The van der Waals surface area contributed by atoms with Crippen LogP contribution in [-0.4, -0.2) is 47.2 Å². The smallest absolute Gasteiger partial charge is 0.293 e. The first-order valence-corrected chi connectivity index (χ1v) is 10.7. The number of benzene rings is 2. The minimum Gasteiger partial charge on any atom is -0.334 e. The minimum atomic E-state index is -0.274. The van der Waals surface area contributed by atoms with Crippen molar-refractivity contribution in [1.29, 1.82) is 0 Å². The lowest BCUT2D eigenvalue weighted by molar-refractivity contribution is 0.0773. The van der Waals surface area contributed by atoms with Crippen molar-refractivity contribution in [2.24, 2.45) is 0 Å². The van der Waals surface area contributed by atoms with Crippen molar-refractivity contribution >= 4 is 11.7 Å². The van der Waals surface area contributed by atoms with E-state index in [1.165, 1.54) is 0 Å². The molecule has 0 saturated heterocycles. The zero-order chi connectivity index (χ0) is 22.9. The molecule has 3 heterocycles. The number of carbonyl (C=O) groups is 1. The van der Waals surface area contributed by atoms with Crippen molar-refractivity contribution in [2.45, 2.75) is 20.4 Å². The Balaban J connectivity index is 1.48. The van der Waals surface area contributed by atoms with Gasteiger partial charge in [-0.3, -0.25) is 4.79 Å². The molecule has 1 amide bonds. The van der Waals surface area contributed by atoms with Crippen LogP contribution in [0.2, 0.25) is 0 Å². The van der Waals surface area contributed by atoms with E-state index in [4.69, 9.17) is 5.10 Å². The van der Waals surface area contributed by atoms with Crippen LogP contribution in [0.5, 0.6) is 0 Å². The number of hydrogen-bond donors (Lipinski definition) is 0. The second-order valence-corrected chi connectivity index (χ2v) is 8.00. The number of fused-ring (bicyclic) bond motifs is 1. The molecule has 0 aliphatic rings. The van der Waals surface area contributed by atoms with Gasteiger partial charge in [0.15, 0.2) is 0 Å². The molecule has 0 N–H and O–H groups in total. The topological polar surface area (TPSA) is 81.2 Å². The number of nitrogens with zero attached hydrogens (tertiary/aromatic N) is 7. The van der Waals surface area contributed by atoms with Gasteiger partial charge in [-0.05, 0) is 32.0 Å². The molecule has 0 bridgehead atoms. The maximum absolute atomic E-state index is 13.2. The van der Waals surface area contributed by atoms with Crippen LogP contribution in [0.25, 0.3) is 22.7 Å². The summed E-state index contributed by atoms with van der Waals surface area (Å²) in [5, 5.41) is 9.21. The summed E-state index contributed by atoms with van der Waals surface area (Å²) < 4.78 is 3.44. The summed E-state index contributed by atoms with van der Waals surface area (Å²) in [7, 11) is 1.74. The molecule has 0 atom stereocenters. The molecule has 0 spiro atoms. The molecule has 0 fully saturated rings. The SMILES string of the molecule is Cc1cc(C)n2nc(C(=O)N(C)Cc3cn(-c4ccccc4)nc3-c3ccccc3)nc2n1. The van der Waals surface area contributed by atoms with Crippen LogP contribution in [0.15, 0.2) is 72.9 Å². The number of aromatic nitrogens is 6. The van der Waals surface area contributed by atoms with Gasteiger partial charge in [0, 0.05) is 42.3 Å². The van der Waals surface area contributed by atoms with Gasteiger partial charge in [0.25, 0.3) is 11.7 Å². The average Bonchev–Trinajstić information content (AvgIpc) is 3.44. The highest BCUT2D eigenvalue weighted by atomic mass is 16.2. The maximum atomic E-state index is 13.2. The van der Waals surface area contributed by atoms with Gasteiger partial charge in [-0.1, -0.05) is 48.5 Å². The second-order valence-electron chi connectivity index (χ2n) is 8.00. The molecule has 164 valence electrons. The molecular formula is C25H23N7O. The Bertz CT molecular complexity index is 1440. The van der Waals surface area contributed by atoms with E-state index < -0.39 is 0 Å². The quantitative estimate of drug-likeness (QED) is 0.417. The highest BCUT2D eigenvalue weighted by molar-refractivity contribution is 5.90. The van der Waals surface area contributed by atoms with Crippen molar-refractivity contribution in [3.05, 3.63) is 95.7 Å². The molecule has 0 aliphatic heterocycles. The van der Waals surface area contributed by atoms with Gasteiger partial charge in [-0.25, -0.2) is 14.2 Å². The summed E-state index contributed by atoms with van der Waals surface area (Å²) in [6.07, 6.45) is 1.97. The summed E-state index contributed by atoms with van der Waals surface area (Å²) in [5.74, 6) is 0.269. The summed E-state index contributed by atoms with van der Waals surface area (Å²) in [6, 6.07) is 21.8. The Morgan fingerprint density at radius 3 is 2.36 bits per heavy atom. The molecule has 5 rings (SSSR count). The molecule has 0 radical (unpaired) electrons. The molecule has 8 heteroatoms. The lowest BCUT2D eigenvalue weighted by atomic mass is 10.1. The van der Waals surface area contributed by atoms with Crippen molar-refractivity contribution in [2.75, 3.05) is 7.05 Å². The van der Waals surface area contributed by atoms with Crippen molar-refractivity contribution in [1.82, 2.24) is 34.3 Å². The van der Waals surface area contributed by atoms with E-state index in [1.54, 1.807) is 16.5 Å². The van der Waals surface area contributed by atoms with E-state index in [2.05, 4.69) is 15.1 Å². The first kappa shape index (κ1) is 20.6. The maximum Gasteiger partial charge on any atom is 0.293 e. The van der Waals surface area contributed by atoms with Crippen LogP contribution in [0.3, 0.4) is 0 Å². The largest absolute Gasteiger partial charge is 0.334 e. The number of hydrogen-bond acceptors (Lipinski definition) is 5. The number of rotatable bonds is 5. The van der Waals surface area contributed by atoms with E-state index >= 15 is 0 Å². The average molecular weight is 438 g/mol. The summed E-state index contributed by atoms with van der Waals surface area (Å²) >= 11 is 0. The lowest BCUT2D eigenvalue weighted by Crippen LogP contribution is -2.27. The molecule has 8 nitrogen and oxygen atoms in total. The van der Waals surface area contributed by atoms with Crippen LogP contribution in [0.4, 0.5) is 0 Å². The number of amides is 1. The fraction of sp³-hybridized carbons (Fsp3) is 0.160. The molecule has 2 aromatic carbocycles. The van der Waals surface area contributed by atoms with Gasteiger partial charge in [0.2, 0.25) is 5.82 Å². The monoisotopic (exact) mass is 437 g/mol. The molecule has 3 aromatic heterocycles. The third kappa shape index (κ3) is 3.98. The van der Waals surface area contributed by atoms with Crippen LogP contribution in [-0.2, 0) is 6.54 Å². The van der Waals surface area contributed by atoms with Crippen LogP contribution < -0.4 is 0 Å². The van der Waals surface area contributed by atoms with E-state index in [0.29, 0.717) is 12.3 Å². The Hall–Kier alpha value is -4.33. The number of aryl methyl sites for hydroxylation is 2. The summed E-state index contributed by atoms with van der Waals surface area (Å²) in [6.45, 7) is 4.17. The molecule has 5 aromatic rings. The van der Waals surface area contributed by atoms with E-state index in [0.717, 1.165) is 33.9 Å². The Kier molecular flexibility index (Phi) is 5.18.